The zero-order valence-electron chi connectivity index (χ0n) is 15.3. The Bertz CT molecular complexity index is 1060. The molecular formula is C22H27N5. The third kappa shape index (κ3) is 2.59. The van der Waals surface area contributed by atoms with Gasteiger partial charge < -0.3 is 10.2 Å². The summed E-state index contributed by atoms with van der Waals surface area (Å²) in [5, 5.41) is 13.4. The average Bonchev–Trinajstić information content (AvgIpc) is 3.16. The second kappa shape index (κ2) is 6.24. The number of imidazole rings is 1. The maximum atomic E-state index is 9.97. The molecule has 0 unspecified atom stereocenters. The van der Waals surface area contributed by atoms with Crippen LogP contribution in [0.25, 0.3) is 16.7 Å². The van der Waals surface area contributed by atoms with Crippen LogP contribution >= 0.6 is 0 Å². The van der Waals surface area contributed by atoms with Crippen LogP contribution in [0, 0.1) is 16.7 Å². The highest BCUT2D eigenvalue weighted by atomic mass is 15.3. The minimum absolute atomic E-state index is 0. The van der Waals surface area contributed by atoms with E-state index in [1.807, 2.05) is 12.1 Å². The van der Waals surface area contributed by atoms with Gasteiger partial charge in [-0.15, -0.1) is 0 Å². The number of piperazine rings is 1. The molecule has 0 saturated carbocycles. The van der Waals surface area contributed by atoms with Crippen molar-refractivity contribution in [3.05, 3.63) is 41.0 Å². The maximum Gasteiger partial charge on any atom is 0.157 e. The van der Waals surface area contributed by atoms with Crippen molar-refractivity contribution in [1.29, 1.82) is 5.26 Å². The molecule has 5 nitrogen and oxygen atoms in total. The predicted octanol–water partition coefficient (Wildman–Crippen LogP) is 3.53. The Morgan fingerprint density at radius 2 is 1.81 bits per heavy atom. The number of aromatic nitrogens is 2. The van der Waals surface area contributed by atoms with Gasteiger partial charge in [0.1, 0.15) is 11.9 Å². The van der Waals surface area contributed by atoms with Gasteiger partial charge >= 0.3 is 0 Å². The molecule has 1 aliphatic heterocycles. The van der Waals surface area contributed by atoms with Crippen LogP contribution in [0.15, 0.2) is 24.3 Å². The van der Waals surface area contributed by atoms with E-state index in [-0.39, 0.29) is 12.8 Å². The fourth-order valence-electron chi connectivity index (χ4n) is 4.69. The third-order valence-corrected chi connectivity index (χ3v) is 5.77. The summed E-state index contributed by atoms with van der Waals surface area (Å²) in [5.74, 6) is 1.26. The Hall–Kier alpha value is -2.58. The van der Waals surface area contributed by atoms with Gasteiger partial charge in [-0.05, 0) is 41.5 Å². The molecule has 140 valence electrons. The number of fused-ring (bicyclic) bond motifs is 4. The van der Waals surface area contributed by atoms with Crippen molar-refractivity contribution in [2.24, 2.45) is 5.41 Å². The number of rotatable bonds is 1. The van der Waals surface area contributed by atoms with Crippen LogP contribution in [0.3, 0.4) is 0 Å². The molecule has 27 heavy (non-hydrogen) atoms. The molecule has 0 amide bonds. The van der Waals surface area contributed by atoms with Crippen molar-refractivity contribution in [3.63, 3.8) is 0 Å². The zero-order chi connectivity index (χ0) is 17.9. The number of hydrogen-bond donors (Lipinski definition) is 1. The summed E-state index contributed by atoms with van der Waals surface area (Å²) in [6.45, 7) is 8.56. The van der Waals surface area contributed by atoms with Crippen LogP contribution in [-0.2, 0) is 12.8 Å². The van der Waals surface area contributed by atoms with Crippen LogP contribution in [0.4, 0.5) is 5.82 Å². The first-order chi connectivity index (χ1) is 12.6. The standard InChI is InChI=1S/C21H23N5.CH4/c1-21(2)11-14-15(12-21)20(25-9-7-23-8-10-25)26-18-6-4-3-5-17(18)24-19(26)16(14)13-22;/h3-6,23H,7-12H2,1-2H3;1H4. The molecule has 1 saturated heterocycles. The number of nitrogens with zero attached hydrogens (tertiary/aromatic N) is 4. The van der Waals surface area contributed by atoms with Crippen LogP contribution < -0.4 is 10.2 Å². The van der Waals surface area contributed by atoms with Crippen LogP contribution in [0.2, 0.25) is 0 Å². The highest BCUT2D eigenvalue weighted by Gasteiger charge is 2.36. The fourth-order valence-corrected chi connectivity index (χ4v) is 4.69. The maximum absolute atomic E-state index is 9.97. The van der Waals surface area contributed by atoms with Gasteiger partial charge in [0, 0.05) is 26.2 Å². The number of anilines is 1. The number of nitrogens with one attached hydrogen (secondary N) is 1. The molecule has 5 rings (SSSR count). The number of pyridine rings is 1. The minimum atomic E-state index is 0. The average molecular weight is 361 g/mol. The van der Waals surface area contributed by atoms with E-state index in [1.54, 1.807) is 0 Å². The fraction of sp³-hybridized carbons (Fsp3) is 0.455. The van der Waals surface area contributed by atoms with Gasteiger partial charge in [-0.25, -0.2) is 4.98 Å². The van der Waals surface area contributed by atoms with E-state index in [9.17, 15) is 5.26 Å². The monoisotopic (exact) mass is 361 g/mol. The lowest BCUT2D eigenvalue weighted by Crippen LogP contribution is -2.44. The molecule has 0 bridgehead atoms. The van der Waals surface area contributed by atoms with Crippen molar-refractivity contribution in [2.75, 3.05) is 31.1 Å². The second-order valence-electron chi connectivity index (χ2n) is 8.28. The van der Waals surface area contributed by atoms with E-state index in [1.165, 1.54) is 16.9 Å². The first-order valence-electron chi connectivity index (χ1n) is 9.40. The molecule has 3 heterocycles. The minimum Gasteiger partial charge on any atom is -0.355 e. The molecule has 0 spiro atoms. The Kier molecular flexibility index (Phi) is 4.12. The number of hydrogen-bond acceptors (Lipinski definition) is 4. The summed E-state index contributed by atoms with van der Waals surface area (Å²) in [6, 6.07) is 10.7. The smallest absolute Gasteiger partial charge is 0.157 e. The lowest BCUT2D eigenvalue weighted by Gasteiger charge is -2.32. The van der Waals surface area contributed by atoms with Gasteiger partial charge in [-0.3, -0.25) is 4.40 Å². The van der Waals surface area contributed by atoms with Crippen molar-refractivity contribution in [2.45, 2.75) is 34.1 Å². The summed E-state index contributed by atoms with van der Waals surface area (Å²) in [5.41, 5.74) is 6.40. The van der Waals surface area contributed by atoms with Gasteiger partial charge in [0.15, 0.2) is 5.65 Å². The molecule has 2 aliphatic rings. The summed E-state index contributed by atoms with van der Waals surface area (Å²) >= 11 is 0. The molecule has 2 aromatic heterocycles. The Morgan fingerprint density at radius 1 is 1.11 bits per heavy atom. The number of para-hydroxylation sites is 2. The Morgan fingerprint density at radius 3 is 2.56 bits per heavy atom. The first kappa shape index (κ1) is 17.8. The van der Waals surface area contributed by atoms with E-state index >= 15 is 0 Å². The van der Waals surface area contributed by atoms with E-state index in [0.29, 0.717) is 0 Å². The molecular weight excluding hydrogens is 334 g/mol. The third-order valence-electron chi connectivity index (χ3n) is 5.77. The van der Waals surface area contributed by atoms with Crippen molar-refractivity contribution < 1.29 is 0 Å². The van der Waals surface area contributed by atoms with Crippen molar-refractivity contribution >= 4 is 22.5 Å². The molecule has 1 fully saturated rings. The molecule has 5 heteroatoms. The highest BCUT2D eigenvalue weighted by Crippen LogP contribution is 2.44. The van der Waals surface area contributed by atoms with E-state index < -0.39 is 0 Å². The van der Waals surface area contributed by atoms with Gasteiger partial charge in [0.2, 0.25) is 0 Å². The van der Waals surface area contributed by atoms with Gasteiger partial charge in [0.25, 0.3) is 0 Å². The summed E-state index contributed by atoms with van der Waals surface area (Å²) in [6.07, 6.45) is 1.96. The van der Waals surface area contributed by atoms with E-state index in [2.05, 4.69) is 46.7 Å². The number of nitriles is 1. The lowest BCUT2D eigenvalue weighted by molar-refractivity contribution is 0.392. The van der Waals surface area contributed by atoms with E-state index in [4.69, 9.17) is 4.98 Å². The predicted molar refractivity (Wildman–Crippen MR) is 110 cm³/mol. The highest BCUT2D eigenvalue weighted by molar-refractivity contribution is 5.86. The molecule has 3 aromatic rings. The van der Waals surface area contributed by atoms with Crippen molar-refractivity contribution in [1.82, 2.24) is 14.7 Å². The summed E-state index contributed by atoms with van der Waals surface area (Å²) in [4.78, 5) is 7.35. The topological polar surface area (TPSA) is 56.4 Å². The van der Waals surface area contributed by atoms with Crippen LogP contribution in [0.5, 0.6) is 0 Å². The van der Waals surface area contributed by atoms with Gasteiger partial charge in [-0.1, -0.05) is 33.4 Å². The van der Waals surface area contributed by atoms with Crippen LogP contribution in [0.1, 0.15) is 38.0 Å². The quantitative estimate of drug-likeness (QED) is 0.720. The Labute approximate surface area is 160 Å². The normalized spacial score (nSPS) is 18.3. The Balaban J connectivity index is 0.00000180. The molecule has 1 aromatic carbocycles. The molecule has 1 N–H and O–H groups in total. The largest absolute Gasteiger partial charge is 0.355 e. The molecule has 0 radical (unpaired) electrons. The summed E-state index contributed by atoms with van der Waals surface area (Å²) in [7, 11) is 0. The van der Waals surface area contributed by atoms with Gasteiger partial charge in [0.05, 0.1) is 16.6 Å². The van der Waals surface area contributed by atoms with Gasteiger partial charge in [-0.2, -0.15) is 5.26 Å². The second-order valence-corrected chi connectivity index (χ2v) is 8.28. The number of benzene rings is 1. The first-order valence-corrected chi connectivity index (χ1v) is 9.40. The SMILES string of the molecule is C.CC1(C)Cc2c(c(N3CCNCC3)n3c(nc4ccccc43)c2C#N)C1. The van der Waals surface area contributed by atoms with Crippen LogP contribution in [-0.4, -0.2) is 35.6 Å². The lowest BCUT2D eigenvalue weighted by atomic mass is 9.90. The molecule has 1 aliphatic carbocycles. The molecule has 0 atom stereocenters. The zero-order valence-corrected chi connectivity index (χ0v) is 15.3. The van der Waals surface area contributed by atoms with Crippen molar-refractivity contribution in [3.8, 4) is 6.07 Å². The summed E-state index contributed by atoms with van der Waals surface area (Å²) < 4.78 is 2.25. The van der Waals surface area contributed by atoms with E-state index in [0.717, 1.165) is 61.3 Å².